The van der Waals surface area contributed by atoms with Crippen molar-refractivity contribution in [2.24, 2.45) is 0 Å². The van der Waals surface area contributed by atoms with E-state index in [1.54, 1.807) is 11.3 Å². The number of amides is 1. The standard InChI is InChI=1S/C27H21N3OS/c1-18-8-2-5-15-24(18)29-27-30-25(17-32-27)20-11-6-12-21(16-20)28-26(31)23-14-7-10-19-9-3-4-13-22(19)23/h2-17H,1H3,(H,28,31)(H,29,30). The Labute approximate surface area is 190 Å². The Bertz CT molecular complexity index is 1420. The lowest BCUT2D eigenvalue weighted by Gasteiger charge is -2.09. The van der Waals surface area contributed by atoms with Crippen LogP contribution in [0.1, 0.15) is 15.9 Å². The zero-order chi connectivity index (χ0) is 21.9. The van der Waals surface area contributed by atoms with Gasteiger partial charge in [-0.3, -0.25) is 4.79 Å². The molecule has 0 aliphatic carbocycles. The number of hydrogen-bond donors (Lipinski definition) is 2. The van der Waals surface area contributed by atoms with Gasteiger partial charge in [0.05, 0.1) is 5.69 Å². The van der Waals surface area contributed by atoms with Crippen molar-refractivity contribution in [3.05, 3.63) is 108 Å². The van der Waals surface area contributed by atoms with Crippen LogP contribution in [0.3, 0.4) is 0 Å². The number of para-hydroxylation sites is 1. The van der Waals surface area contributed by atoms with Gasteiger partial charge in [0.1, 0.15) is 0 Å². The van der Waals surface area contributed by atoms with E-state index in [9.17, 15) is 4.79 Å². The lowest BCUT2D eigenvalue weighted by atomic mass is 10.0. The first-order chi connectivity index (χ1) is 15.7. The van der Waals surface area contributed by atoms with Crippen LogP contribution in [0.25, 0.3) is 22.0 Å². The third-order valence-electron chi connectivity index (χ3n) is 5.34. The summed E-state index contributed by atoms with van der Waals surface area (Å²) in [5, 5.41) is 11.3. The smallest absolute Gasteiger partial charge is 0.256 e. The lowest BCUT2D eigenvalue weighted by molar-refractivity contribution is 0.102. The largest absolute Gasteiger partial charge is 0.331 e. The van der Waals surface area contributed by atoms with E-state index in [0.717, 1.165) is 38.5 Å². The summed E-state index contributed by atoms with van der Waals surface area (Å²) in [6.07, 6.45) is 0. The van der Waals surface area contributed by atoms with Gasteiger partial charge in [-0.25, -0.2) is 4.98 Å². The summed E-state index contributed by atoms with van der Waals surface area (Å²) >= 11 is 1.56. The minimum atomic E-state index is -0.126. The molecule has 0 aliphatic heterocycles. The summed E-state index contributed by atoms with van der Waals surface area (Å²) in [4.78, 5) is 17.7. The molecule has 0 atom stereocenters. The Morgan fingerprint density at radius 2 is 1.66 bits per heavy atom. The topological polar surface area (TPSA) is 54.0 Å². The third-order valence-corrected chi connectivity index (χ3v) is 6.10. The van der Waals surface area contributed by atoms with Crippen LogP contribution in [0.5, 0.6) is 0 Å². The zero-order valence-electron chi connectivity index (χ0n) is 17.5. The van der Waals surface area contributed by atoms with E-state index in [-0.39, 0.29) is 5.91 Å². The van der Waals surface area contributed by atoms with Crippen molar-refractivity contribution in [2.75, 3.05) is 10.6 Å². The lowest BCUT2D eigenvalue weighted by Crippen LogP contribution is -2.12. The highest BCUT2D eigenvalue weighted by Crippen LogP contribution is 2.30. The predicted molar refractivity (Wildman–Crippen MR) is 134 cm³/mol. The third kappa shape index (κ3) is 4.11. The number of anilines is 3. The molecular weight excluding hydrogens is 414 g/mol. The molecule has 0 aliphatic rings. The molecule has 1 heterocycles. The maximum Gasteiger partial charge on any atom is 0.256 e. The molecule has 0 saturated carbocycles. The first-order valence-corrected chi connectivity index (χ1v) is 11.2. The quantitative estimate of drug-likeness (QED) is 0.305. The minimum absolute atomic E-state index is 0.126. The highest BCUT2D eigenvalue weighted by Gasteiger charge is 2.11. The van der Waals surface area contributed by atoms with E-state index in [1.807, 2.05) is 90.3 Å². The van der Waals surface area contributed by atoms with Crippen molar-refractivity contribution < 1.29 is 4.79 Å². The molecule has 4 nitrogen and oxygen atoms in total. The summed E-state index contributed by atoms with van der Waals surface area (Å²) in [7, 11) is 0. The fourth-order valence-corrected chi connectivity index (χ4v) is 4.40. The monoisotopic (exact) mass is 435 g/mol. The number of aryl methyl sites for hydroxylation is 1. The Morgan fingerprint density at radius 3 is 2.56 bits per heavy atom. The van der Waals surface area contributed by atoms with E-state index in [2.05, 4.69) is 23.6 Å². The van der Waals surface area contributed by atoms with Crippen molar-refractivity contribution >= 4 is 44.5 Å². The van der Waals surface area contributed by atoms with Crippen LogP contribution < -0.4 is 10.6 Å². The highest BCUT2D eigenvalue weighted by molar-refractivity contribution is 7.14. The zero-order valence-corrected chi connectivity index (χ0v) is 18.3. The van der Waals surface area contributed by atoms with Crippen LogP contribution in [0.2, 0.25) is 0 Å². The summed E-state index contributed by atoms with van der Waals surface area (Å²) in [5.74, 6) is -0.126. The molecule has 0 unspecified atom stereocenters. The predicted octanol–water partition coefficient (Wildman–Crippen LogP) is 7.27. The number of aromatic nitrogens is 1. The fourth-order valence-electron chi connectivity index (χ4n) is 3.67. The summed E-state index contributed by atoms with van der Waals surface area (Å²) in [6, 6.07) is 29.6. The molecule has 0 saturated heterocycles. The number of benzene rings is 4. The van der Waals surface area contributed by atoms with E-state index in [4.69, 9.17) is 4.98 Å². The first kappa shape index (κ1) is 20.0. The molecule has 156 valence electrons. The Kier molecular flexibility index (Phi) is 5.40. The second-order valence-corrected chi connectivity index (χ2v) is 8.40. The Balaban J connectivity index is 1.37. The molecule has 1 amide bonds. The first-order valence-electron chi connectivity index (χ1n) is 10.3. The van der Waals surface area contributed by atoms with Gasteiger partial charge in [0.25, 0.3) is 5.91 Å². The van der Waals surface area contributed by atoms with Crippen molar-refractivity contribution in [1.29, 1.82) is 0 Å². The summed E-state index contributed by atoms with van der Waals surface area (Å²) < 4.78 is 0. The molecule has 5 rings (SSSR count). The molecule has 0 bridgehead atoms. The van der Waals surface area contributed by atoms with Gasteiger partial charge in [0.15, 0.2) is 5.13 Å². The van der Waals surface area contributed by atoms with Crippen LogP contribution in [-0.2, 0) is 0 Å². The van der Waals surface area contributed by atoms with Crippen LogP contribution in [0.4, 0.5) is 16.5 Å². The van der Waals surface area contributed by atoms with Crippen LogP contribution in [0, 0.1) is 6.92 Å². The number of rotatable bonds is 5. The molecule has 5 heteroatoms. The number of thiazole rings is 1. The van der Waals surface area contributed by atoms with Gasteiger partial charge in [0.2, 0.25) is 0 Å². The van der Waals surface area contributed by atoms with Gasteiger partial charge in [-0.15, -0.1) is 11.3 Å². The Morgan fingerprint density at radius 1 is 0.875 bits per heavy atom. The molecule has 5 aromatic rings. The number of nitrogens with one attached hydrogen (secondary N) is 2. The van der Waals surface area contributed by atoms with E-state index in [1.165, 1.54) is 5.56 Å². The molecule has 32 heavy (non-hydrogen) atoms. The van der Waals surface area contributed by atoms with Crippen LogP contribution in [-0.4, -0.2) is 10.9 Å². The SMILES string of the molecule is Cc1ccccc1Nc1nc(-c2cccc(NC(=O)c3cccc4ccccc34)c2)cs1. The van der Waals surface area contributed by atoms with Gasteiger partial charge in [-0.2, -0.15) is 0 Å². The number of fused-ring (bicyclic) bond motifs is 1. The number of carbonyl (C=O) groups is 1. The molecule has 2 N–H and O–H groups in total. The molecule has 0 fully saturated rings. The van der Waals surface area contributed by atoms with Crippen LogP contribution >= 0.6 is 11.3 Å². The molecule has 4 aromatic carbocycles. The number of carbonyl (C=O) groups excluding carboxylic acids is 1. The maximum absolute atomic E-state index is 13.0. The highest BCUT2D eigenvalue weighted by atomic mass is 32.1. The molecular formula is C27H21N3OS. The summed E-state index contributed by atoms with van der Waals surface area (Å²) in [6.45, 7) is 2.07. The van der Waals surface area contributed by atoms with E-state index in [0.29, 0.717) is 5.56 Å². The average Bonchev–Trinajstić information content (AvgIpc) is 3.29. The maximum atomic E-state index is 13.0. The fraction of sp³-hybridized carbons (Fsp3) is 0.0370. The molecule has 1 aromatic heterocycles. The number of hydrogen-bond acceptors (Lipinski definition) is 4. The van der Waals surface area contributed by atoms with Gasteiger partial charge in [-0.1, -0.05) is 66.7 Å². The van der Waals surface area contributed by atoms with Crippen molar-refractivity contribution in [1.82, 2.24) is 4.98 Å². The minimum Gasteiger partial charge on any atom is -0.331 e. The second-order valence-electron chi connectivity index (χ2n) is 7.54. The van der Waals surface area contributed by atoms with Gasteiger partial charge in [-0.05, 0) is 47.5 Å². The van der Waals surface area contributed by atoms with E-state index < -0.39 is 0 Å². The van der Waals surface area contributed by atoms with Gasteiger partial charge in [0, 0.05) is 27.9 Å². The van der Waals surface area contributed by atoms with Crippen LogP contribution in [0.15, 0.2) is 96.4 Å². The van der Waals surface area contributed by atoms with Gasteiger partial charge >= 0.3 is 0 Å². The van der Waals surface area contributed by atoms with E-state index >= 15 is 0 Å². The van der Waals surface area contributed by atoms with Crippen molar-refractivity contribution in [3.63, 3.8) is 0 Å². The molecule has 0 spiro atoms. The average molecular weight is 436 g/mol. The Hall–Kier alpha value is -3.96. The van der Waals surface area contributed by atoms with Crippen molar-refractivity contribution in [3.8, 4) is 11.3 Å². The van der Waals surface area contributed by atoms with Crippen molar-refractivity contribution in [2.45, 2.75) is 6.92 Å². The second kappa shape index (κ2) is 8.65. The summed E-state index contributed by atoms with van der Waals surface area (Å²) in [5.41, 5.74) is 5.43. The molecule has 0 radical (unpaired) electrons. The number of nitrogens with zero attached hydrogens (tertiary/aromatic N) is 1. The van der Waals surface area contributed by atoms with Gasteiger partial charge < -0.3 is 10.6 Å². The normalized spacial score (nSPS) is 10.8.